The van der Waals surface area contributed by atoms with Crippen molar-refractivity contribution in [1.82, 2.24) is 9.80 Å². The van der Waals surface area contributed by atoms with Gasteiger partial charge < -0.3 is 14.9 Å². The number of carboxylic acids is 1. The fourth-order valence-corrected chi connectivity index (χ4v) is 3.19. The number of nitrogens with zero attached hydrogens (tertiary/aromatic N) is 3. The molecule has 2 saturated heterocycles. The molecule has 0 aliphatic carbocycles. The third kappa shape index (κ3) is 2.25. The van der Waals surface area contributed by atoms with E-state index < -0.39 is 11.9 Å². The van der Waals surface area contributed by atoms with Crippen LogP contribution >= 0.6 is 0 Å². The minimum atomic E-state index is -0.808. The summed E-state index contributed by atoms with van der Waals surface area (Å²) in [7, 11) is 1.68. The van der Waals surface area contributed by atoms with Crippen LogP contribution in [-0.2, 0) is 4.79 Å². The molecule has 6 heteroatoms. The lowest BCUT2D eigenvalue weighted by Gasteiger charge is -2.31. The fourth-order valence-electron chi connectivity index (χ4n) is 3.19. The maximum Gasteiger partial charge on any atom is 0.320 e. The molecule has 2 aliphatic heterocycles. The molecule has 4 unspecified atom stereocenters. The third-order valence-corrected chi connectivity index (χ3v) is 4.42. The van der Waals surface area contributed by atoms with E-state index in [-0.39, 0.29) is 30.6 Å². The summed E-state index contributed by atoms with van der Waals surface area (Å²) in [5, 5.41) is 17.9. The first kappa shape index (κ1) is 13.7. The minimum Gasteiger partial charge on any atom is -0.481 e. The van der Waals surface area contributed by atoms with Gasteiger partial charge in [-0.1, -0.05) is 0 Å². The molecule has 2 amide bonds. The van der Waals surface area contributed by atoms with Crippen LogP contribution in [0, 0.1) is 17.2 Å². The number of aliphatic carboxylic acids is 1. The van der Waals surface area contributed by atoms with Crippen molar-refractivity contribution in [3.63, 3.8) is 0 Å². The molecule has 2 fully saturated rings. The predicted molar refractivity (Wildman–Crippen MR) is 67.2 cm³/mol. The summed E-state index contributed by atoms with van der Waals surface area (Å²) < 4.78 is 0. The van der Waals surface area contributed by atoms with E-state index in [0.717, 1.165) is 12.8 Å². The van der Waals surface area contributed by atoms with E-state index in [1.807, 2.05) is 6.92 Å². The van der Waals surface area contributed by atoms with Gasteiger partial charge in [-0.25, -0.2) is 4.79 Å². The van der Waals surface area contributed by atoms with E-state index in [2.05, 4.69) is 6.07 Å². The Morgan fingerprint density at radius 3 is 2.74 bits per heavy atom. The molecule has 2 aliphatic rings. The molecule has 2 bridgehead atoms. The molecule has 2 heterocycles. The van der Waals surface area contributed by atoms with Crippen molar-refractivity contribution in [1.29, 1.82) is 5.26 Å². The molecule has 0 saturated carbocycles. The van der Waals surface area contributed by atoms with Crippen LogP contribution in [0.3, 0.4) is 0 Å². The molecule has 0 radical (unpaired) electrons. The highest BCUT2D eigenvalue weighted by Gasteiger charge is 2.52. The van der Waals surface area contributed by atoms with E-state index in [1.54, 1.807) is 16.8 Å². The first-order valence-electron chi connectivity index (χ1n) is 6.62. The molecular formula is C13H19N3O3. The van der Waals surface area contributed by atoms with Gasteiger partial charge in [0.15, 0.2) is 0 Å². The molecule has 4 atom stereocenters. The summed E-state index contributed by atoms with van der Waals surface area (Å²) in [5.74, 6) is -1.24. The normalized spacial score (nSPS) is 29.9. The van der Waals surface area contributed by atoms with E-state index in [9.17, 15) is 14.7 Å². The Morgan fingerprint density at radius 1 is 1.53 bits per heavy atom. The van der Waals surface area contributed by atoms with Gasteiger partial charge in [0.05, 0.1) is 18.4 Å². The second-order valence-electron chi connectivity index (χ2n) is 5.49. The first-order chi connectivity index (χ1) is 8.97. The maximum atomic E-state index is 12.4. The Labute approximate surface area is 112 Å². The number of urea groups is 1. The highest BCUT2D eigenvalue weighted by Crippen LogP contribution is 2.42. The summed E-state index contributed by atoms with van der Waals surface area (Å²) in [6.07, 6.45) is 2.51. The summed E-state index contributed by atoms with van der Waals surface area (Å²) in [6, 6.07) is 1.64. The lowest BCUT2D eigenvalue weighted by Crippen LogP contribution is -2.48. The van der Waals surface area contributed by atoms with Crippen LogP contribution in [0.1, 0.15) is 32.6 Å². The highest BCUT2D eigenvalue weighted by atomic mass is 16.4. The molecule has 1 N–H and O–H groups in total. The molecule has 0 aromatic carbocycles. The van der Waals surface area contributed by atoms with E-state index >= 15 is 0 Å². The molecule has 0 spiro atoms. The molecule has 19 heavy (non-hydrogen) atoms. The second-order valence-corrected chi connectivity index (χ2v) is 5.49. The lowest BCUT2D eigenvalue weighted by atomic mass is 9.89. The van der Waals surface area contributed by atoms with E-state index in [0.29, 0.717) is 6.42 Å². The number of carboxylic acid groups (broad SMARTS) is 1. The molecule has 0 aromatic rings. The standard InChI is InChI=1S/C13H19N3O3/c1-8(5-6-14)15(2)13(19)16-9-3-4-11(16)10(7-9)12(17)18/h8-11H,3-5,7H2,1-2H3,(H,17,18). The number of rotatable bonds is 3. The van der Waals surface area contributed by atoms with Crippen molar-refractivity contribution in [3.8, 4) is 6.07 Å². The van der Waals surface area contributed by atoms with Crippen molar-refractivity contribution < 1.29 is 14.7 Å². The van der Waals surface area contributed by atoms with Crippen LogP contribution in [0.15, 0.2) is 0 Å². The summed E-state index contributed by atoms with van der Waals surface area (Å²) in [5.41, 5.74) is 0. The highest BCUT2D eigenvalue weighted by molar-refractivity contribution is 5.79. The van der Waals surface area contributed by atoms with Crippen LogP contribution in [0.2, 0.25) is 0 Å². The van der Waals surface area contributed by atoms with Crippen LogP contribution in [0.5, 0.6) is 0 Å². The Hall–Kier alpha value is -1.77. The summed E-state index contributed by atoms with van der Waals surface area (Å²) in [6.45, 7) is 1.83. The smallest absolute Gasteiger partial charge is 0.320 e. The van der Waals surface area contributed by atoms with Crippen molar-refractivity contribution in [2.45, 2.75) is 50.7 Å². The zero-order valence-corrected chi connectivity index (χ0v) is 11.2. The Morgan fingerprint density at radius 2 is 2.21 bits per heavy atom. The number of hydrogen-bond donors (Lipinski definition) is 1. The van der Waals surface area contributed by atoms with Gasteiger partial charge in [-0.3, -0.25) is 4.79 Å². The van der Waals surface area contributed by atoms with E-state index in [1.165, 1.54) is 0 Å². The number of amides is 2. The fraction of sp³-hybridized carbons (Fsp3) is 0.769. The van der Waals surface area contributed by atoms with Gasteiger partial charge in [-0.2, -0.15) is 5.26 Å². The van der Waals surface area contributed by atoms with Gasteiger partial charge >= 0.3 is 12.0 Å². The van der Waals surface area contributed by atoms with Crippen LogP contribution < -0.4 is 0 Å². The quantitative estimate of drug-likeness (QED) is 0.833. The minimum absolute atomic E-state index is 0.0512. The van der Waals surface area contributed by atoms with Crippen molar-refractivity contribution in [2.24, 2.45) is 5.92 Å². The van der Waals surface area contributed by atoms with Gasteiger partial charge in [-0.05, 0) is 26.2 Å². The van der Waals surface area contributed by atoms with Gasteiger partial charge in [0.1, 0.15) is 0 Å². The summed E-state index contributed by atoms with van der Waals surface area (Å²) in [4.78, 5) is 26.9. The molecule has 6 nitrogen and oxygen atoms in total. The van der Waals surface area contributed by atoms with Gasteiger partial charge in [0.2, 0.25) is 0 Å². The van der Waals surface area contributed by atoms with Gasteiger partial charge in [0.25, 0.3) is 0 Å². The van der Waals surface area contributed by atoms with Gasteiger partial charge in [-0.15, -0.1) is 0 Å². The SMILES string of the molecule is CC(CC#N)N(C)C(=O)N1C2CCC1C(C(=O)O)C2. The third-order valence-electron chi connectivity index (χ3n) is 4.42. The molecule has 0 aromatic heterocycles. The maximum absolute atomic E-state index is 12.4. The monoisotopic (exact) mass is 265 g/mol. The average Bonchev–Trinajstić information content (AvgIpc) is 2.94. The largest absolute Gasteiger partial charge is 0.481 e. The lowest BCUT2D eigenvalue weighted by molar-refractivity contribution is -0.142. The molecule has 104 valence electrons. The summed E-state index contributed by atoms with van der Waals surface area (Å²) >= 11 is 0. The first-order valence-corrected chi connectivity index (χ1v) is 6.62. The number of hydrogen-bond acceptors (Lipinski definition) is 3. The topological polar surface area (TPSA) is 84.6 Å². The van der Waals surface area contributed by atoms with Crippen molar-refractivity contribution >= 4 is 12.0 Å². The molecule has 2 rings (SSSR count). The Kier molecular flexibility index (Phi) is 3.65. The second kappa shape index (κ2) is 5.08. The predicted octanol–water partition coefficient (Wildman–Crippen LogP) is 1.28. The van der Waals surface area contributed by atoms with Crippen molar-refractivity contribution in [3.05, 3.63) is 0 Å². The van der Waals surface area contributed by atoms with E-state index in [4.69, 9.17) is 5.26 Å². The van der Waals surface area contributed by atoms with Crippen LogP contribution in [0.4, 0.5) is 4.79 Å². The van der Waals surface area contributed by atoms with Crippen molar-refractivity contribution in [2.75, 3.05) is 7.05 Å². The van der Waals surface area contributed by atoms with Crippen LogP contribution in [-0.4, -0.2) is 52.1 Å². The van der Waals surface area contributed by atoms with Crippen LogP contribution in [0.25, 0.3) is 0 Å². The number of carbonyl (C=O) groups excluding carboxylic acids is 1. The number of fused-ring (bicyclic) bond motifs is 2. The Bertz CT molecular complexity index is 431. The Balaban J connectivity index is 2.09. The number of nitriles is 1. The zero-order valence-electron chi connectivity index (χ0n) is 11.2. The average molecular weight is 265 g/mol. The van der Waals surface area contributed by atoms with Gasteiger partial charge in [0, 0.05) is 25.2 Å². The zero-order chi connectivity index (χ0) is 14.2. The number of carbonyl (C=O) groups is 2. The molecular weight excluding hydrogens is 246 g/mol.